The molecule has 0 spiro atoms. The first-order chi connectivity index (χ1) is 29.7. The van der Waals surface area contributed by atoms with Gasteiger partial charge in [0.1, 0.15) is 6.04 Å². The summed E-state index contributed by atoms with van der Waals surface area (Å²) in [5.41, 5.74) is 2.91. The molecule has 0 radical (unpaired) electrons. The van der Waals surface area contributed by atoms with Gasteiger partial charge in [0.15, 0.2) is 0 Å². The smallest absolute Gasteiger partial charge is 0.253 e. The zero-order valence-corrected chi connectivity index (χ0v) is 35.8. The number of carbonyl (C=O) groups is 6. The van der Waals surface area contributed by atoms with E-state index < -0.39 is 23.8 Å². The molecular formula is C49H64N6O6. The fourth-order valence-electron chi connectivity index (χ4n) is 8.43. The second kappa shape index (κ2) is 22.4. The van der Waals surface area contributed by atoms with E-state index >= 15 is 0 Å². The lowest BCUT2D eigenvalue weighted by Crippen LogP contribution is -2.48. The molecule has 0 bridgehead atoms. The number of nitrogens with zero attached hydrogens (tertiary/aromatic N) is 1. The van der Waals surface area contributed by atoms with Crippen LogP contribution >= 0.6 is 0 Å². The van der Waals surface area contributed by atoms with Gasteiger partial charge in [-0.2, -0.15) is 0 Å². The average molecular weight is 833 g/mol. The molecule has 0 aromatic heterocycles. The van der Waals surface area contributed by atoms with Crippen molar-refractivity contribution in [2.24, 2.45) is 11.8 Å². The third kappa shape index (κ3) is 13.0. The van der Waals surface area contributed by atoms with Gasteiger partial charge in [-0.05, 0) is 67.5 Å². The van der Waals surface area contributed by atoms with Crippen LogP contribution in [0, 0.1) is 11.8 Å². The predicted molar refractivity (Wildman–Crippen MR) is 236 cm³/mol. The van der Waals surface area contributed by atoms with Gasteiger partial charge in [-0.15, -0.1) is 0 Å². The highest BCUT2D eigenvalue weighted by atomic mass is 16.2. The quantitative estimate of drug-likeness (QED) is 0.0737. The Hall–Kier alpha value is -5.52. The highest BCUT2D eigenvalue weighted by Gasteiger charge is 2.49. The lowest BCUT2D eigenvalue weighted by Gasteiger charge is -2.19. The number of unbranched alkanes of at least 4 members (excludes halogenated alkanes) is 6. The summed E-state index contributed by atoms with van der Waals surface area (Å²) < 4.78 is 0. The third-order valence-electron chi connectivity index (χ3n) is 12.3. The number of amides is 6. The van der Waals surface area contributed by atoms with Crippen LogP contribution in [0.25, 0.3) is 0 Å². The summed E-state index contributed by atoms with van der Waals surface area (Å²) in [4.78, 5) is 82.4. The van der Waals surface area contributed by atoms with Crippen molar-refractivity contribution in [2.45, 2.75) is 121 Å². The number of hydrogen-bond acceptors (Lipinski definition) is 6. The molecule has 1 unspecified atom stereocenters. The monoisotopic (exact) mass is 832 g/mol. The molecular weight excluding hydrogens is 769 g/mol. The van der Waals surface area contributed by atoms with Crippen LogP contribution in [0.15, 0.2) is 84.9 Å². The summed E-state index contributed by atoms with van der Waals surface area (Å²) in [6.45, 7) is 5.16. The van der Waals surface area contributed by atoms with E-state index in [0.29, 0.717) is 18.5 Å². The topological polar surface area (TPSA) is 166 Å². The molecule has 7 atom stereocenters. The first-order valence-corrected chi connectivity index (χ1v) is 22.6. The minimum Gasteiger partial charge on any atom is -0.356 e. The van der Waals surface area contributed by atoms with Crippen LogP contribution in [-0.4, -0.2) is 84.6 Å². The van der Waals surface area contributed by atoms with Gasteiger partial charge in [-0.25, -0.2) is 0 Å². The largest absolute Gasteiger partial charge is 0.356 e. The van der Waals surface area contributed by atoms with Crippen molar-refractivity contribution in [3.63, 3.8) is 0 Å². The number of hydrogen-bond donors (Lipinski definition) is 5. The zero-order valence-electron chi connectivity index (χ0n) is 35.8. The van der Waals surface area contributed by atoms with Gasteiger partial charge < -0.3 is 31.5 Å². The average Bonchev–Trinajstić information content (AvgIpc) is 4.19. The van der Waals surface area contributed by atoms with Gasteiger partial charge in [0, 0.05) is 67.6 Å². The Bertz CT molecular complexity index is 1870. The molecule has 6 amide bonds. The Morgan fingerprint density at radius 2 is 1.13 bits per heavy atom. The van der Waals surface area contributed by atoms with Gasteiger partial charge >= 0.3 is 0 Å². The maximum absolute atomic E-state index is 14.0. The normalized spacial score (nSPS) is 21.8. The second-order valence-electron chi connectivity index (χ2n) is 17.1. The molecule has 3 fully saturated rings. The second-order valence-corrected chi connectivity index (χ2v) is 17.1. The van der Waals surface area contributed by atoms with E-state index in [1.165, 1.54) is 0 Å². The third-order valence-corrected chi connectivity index (χ3v) is 12.3. The van der Waals surface area contributed by atoms with E-state index in [1.807, 2.05) is 36.4 Å². The fourth-order valence-corrected chi connectivity index (χ4v) is 8.43. The first-order valence-electron chi connectivity index (χ1n) is 22.6. The number of rotatable bonds is 23. The molecule has 1 saturated heterocycles. The van der Waals surface area contributed by atoms with Gasteiger partial charge in [-0.1, -0.05) is 113 Å². The van der Waals surface area contributed by atoms with Crippen molar-refractivity contribution in [1.82, 2.24) is 31.5 Å². The van der Waals surface area contributed by atoms with Gasteiger partial charge in [0.25, 0.3) is 11.8 Å². The van der Waals surface area contributed by atoms with Crippen LogP contribution in [0.2, 0.25) is 0 Å². The lowest BCUT2D eigenvalue weighted by molar-refractivity contribution is -0.133. The molecule has 12 heteroatoms. The van der Waals surface area contributed by atoms with Gasteiger partial charge in [-0.3, -0.25) is 28.8 Å². The van der Waals surface area contributed by atoms with Crippen molar-refractivity contribution >= 4 is 35.4 Å². The molecule has 3 aliphatic rings. The van der Waals surface area contributed by atoms with E-state index in [4.69, 9.17) is 0 Å². The molecule has 5 N–H and O–H groups in total. The van der Waals surface area contributed by atoms with Crippen LogP contribution in [0.3, 0.4) is 0 Å². The van der Waals surface area contributed by atoms with Crippen LogP contribution in [0.4, 0.5) is 0 Å². The van der Waals surface area contributed by atoms with Crippen LogP contribution in [-0.2, 0) is 19.2 Å². The van der Waals surface area contributed by atoms with E-state index in [-0.39, 0.29) is 85.1 Å². The summed E-state index contributed by atoms with van der Waals surface area (Å²) in [5, 5.41) is 15.0. The minimum atomic E-state index is -0.867. The maximum atomic E-state index is 14.0. The lowest BCUT2D eigenvalue weighted by atomic mass is 9.94. The summed E-state index contributed by atoms with van der Waals surface area (Å²) in [7, 11) is 0. The first kappa shape index (κ1) is 45.0. The molecule has 3 aromatic carbocycles. The molecule has 2 aliphatic carbocycles. The van der Waals surface area contributed by atoms with Crippen molar-refractivity contribution in [3.8, 4) is 0 Å². The van der Waals surface area contributed by atoms with Crippen molar-refractivity contribution in [2.75, 3.05) is 26.2 Å². The number of likely N-dealkylation sites (tertiary alicyclic amines) is 1. The molecule has 326 valence electrons. The van der Waals surface area contributed by atoms with E-state index in [0.717, 1.165) is 75.3 Å². The molecule has 6 rings (SSSR count). The van der Waals surface area contributed by atoms with Crippen LogP contribution in [0.5, 0.6) is 0 Å². The Labute approximate surface area is 360 Å². The van der Waals surface area contributed by atoms with Crippen molar-refractivity contribution in [3.05, 3.63) is 107 Å². The minimum absolute atomic E-state index is 0.0245. The number of nitrogens with one attached hydrogen (secondary N) is 5. The molecule has 12 nitrogen and oxygen atoms in total. The summed E-state index contributed by atoms with van der Waals surface area (Å²) in [6, 6.07) is 25.4. The SMILES string of the molecule is CCCCCCNC(=O)[C@@H](CCNC(=O)CCCCCC)NC(=O)c1ccc(C(=O)N2C[C@@H](C(=O)NC3C[C@@H]3c3ccccc3)[C@H](C(=O)N[C@H]3C[C@@H]3c3ccccc3)C2)cc1. The van der Waals surface area contributed by atoms with Crippen molar-refractivity contribution in [1.29, 1.82) is 0 Å². The maximum Gasteiger partial charge on any atom is 0.253 e. The summed E-state index contributed by atoms with van der Waals surface area (Å²) >= 11 is 0. The van der Waals surface area contributed by atoms with Crippen molar-refractivity contribution < 1.29 is 28.8 Å². The van der Waals surface area contributed by atoms with Gasteiger partial charge in [0.05, 0.1) is 11.8 Å². The van der Waals surface area contributed by atoms with Crippen LogP contribution in [0.1, 0.15) is 135 Å². The molecule has 61 heavy (non-hydrogen) atoms. The Balaban J connectivity index is 1.07. The Morgan fingerprint density at radius 3 is 1.67 bits per heavy atom. The highest BCUT2D eigenvalue weighted by molar-refractivity contribution is 6.00. The summed E-state index contributed by atoms with van der Waals surface area (Å²) in [6.07, 6.45) is 10.3. The molecule has 1 heterocycles. The predicted octanol–water partition coefficient (Wildman–Crippen LogP) is 5.99. The van der Waals surface area contributed by atoms with E-state index in [1.54, 1.807) is 29.2 Å². The number of benzene rings is 3. The Kier molecular flexibility index (Phi) is 16.5. The van der Waals surface area contributed by atoms with E-state index in [9.17, 15) is 28.8 Å². The van der Waals surface area contributed by atoms with E-state index in [2.05, 4.69) is 64.7 Å². The Morgan fingerprint density at radius 1 is 0.607 bits per heavy atom. The number of carbonyl (C=O) groups excluding carboxylic acids is 6. The standard InChI is InChI=1S/C49H64N6O6/c1-3-5-7-15-21-44(56)50-28-26-41(48(60)51-27-16-8-6-4-2)52-45(57)35-22-24-36(25-23-35)49(61)55-31-39(46(58)53-42-29-37(42)33-17-11-9-12-18-33)40(32-55)47(59)54-43-30-38(43)34-19-13-10-14-20-34/h9-14,17-20,22-25,37-43H,3-8,15-16,21,26-32H2,1-2H3,(H,50,56)(H,51,60)(H,52,57)(H,53,58)(H,54,59)/t37-,38-,39-,40-,41-,42+,43?/m1/s1. The van der Waals surface area contributed by atoms with Gasteiger partial charge in [0.2, 0.25) is 23.6 Å². The van der Waals surface area contributed by atoms with Crippen LogP contribution < -0.4 is 26.6 Å². The fraction of sp³-hybridized carbons (Fsp3) is 0.510. The molecule has 3 aromatic rings. The summed E-state index contributed by atoms with van der Waals surface area (Å²) in [5.74, 6) is -2.66. The molecule has 1 aliphatic heterocycles. The molecule has 2 saturated carbocycles. The highest BCUT2D eigenvalue weighted by Crippen LogP contribution is 2.42. The zero-order chi connectivity index (χ0) is 43.1.